The molecule has 6 heteroatoms. The van der Waals surface area contributed by atoms with Gasteiger partial charge in [-0.05, 0) is 68.5 Å². The Hall–Kier alpha value is -2.18. The summed E-state index contributed by atoms with van der Waals surface area (Å²) in [6, 6.07) is 9.88. The fraction of sp³-hybridized carbons (Fsp3) is 0.300. The lowest BCUT2D eigenvalue weighted by Gasteiger charge is -2.24. The molecule has 3 aromatic rings. The van der Waals surface area contributed by atoms with Gasteiger partial charge in [-0.25, -0.2) is 17.5 Å². The summed E-state index contributed by atoms with van der Waals surface area (Å²) >= 11 is 0. The second-order valence-electron chi connectivity index (χ2n) is 7.10. The van der Waals surface area contributed by atoms with Crippen LogP contribution in [0.1, 0.15) is 28.8 Å². The first kappa shape index (κ1) is 17.2. The molecule has 4 rings (SSSR count). The Labute approximate surface area is 152 Å². The second kappa shape index (κ2) is 6.21. The summed E-state index contributed by atoms with van der Waals surface area (Å²) in [6.45, 7) is 3.76. The summed E-state index contributed by atoms with van der Waals surface area (Å²) in [6.07, 6.45) is 2.06. The van der Waals surface area contributed by atoms with Gasteiger partial charge in [0.1, 0.15) is 5.82 Å². The van der Waals surface area contributed by atoms with E-state index < -0.39 is 10.0 Å². The molecule has 136 valence electrons. The Morgan fingerprint density at radius 2 is 1.96 bits per heavy atom. The number of nitrogens with one attached hydrogen (secondary N) is 2. The Kier molecular flexibility index (Phi) is 4.12. The predicted molar refractivity (Wildman–Crippen MR) is 100 cm³/mol. The van der Waals surface area contributed by atoms with Gasteiger partial charge in [0.05, 0.1) is 4.90 Å². The molecule has 0 amide bonds. The van der Waals surface area contributed by atoms with Gasteiger partial charge in [0.25, 0.3) is 0 Å². The maximum absolute atomic E-state index is 13.4. The highest BCUT2D eigenvalue weighted by molar-refractivity contribution is 7.89. The van der Waals surface area contributed by atoms with Gasteiger partial charge >= 0.3 is 0 Å². The first-order valence-corrected chi connectivity index (χ1v) is 10.2. The van der Waals surface area contributed by atoms with Crippen LogP contribution in [0.3, 0.4) is 0 Å². The monoisotopic (exact) mass is 372 g/mol. The number of sulfonamides is 1. The number of H-pyrrole nitrogens is 1. The van der Waals surface area contributed by atoms with Gasteiger partial charge in [-0.3, -0.25) is 0 Å². The minimum Gasteiger partial charge on any atom is -0.358 e. The van der Waals surface area contributed by atoms with Crippen molar-refractivity contribution in [3.05, 3.63) is 64.6 Å². The normalized spacial score (nSPS) is 17.4. The quantitative estimate of drug-likeness (QED) is 0.735. The van der Waals surface area contributed by atoms with E-state index in [9.17, 15) is 12.8 Å². The molecule has 4 nitrogen and oxygen atoms in total. The van der Waals surface area contributed by atoms with Crippen LogP contribution in [0.2, 0.25) is 0 Å². The molecule has 26 heavy (non-hydrogen) atoms. The van der Waals surface area contributed by atoms with Crippen LogP contribution in [-0.2, 0) is 22.9 Å². The molecule has 1 unspecified atom stereocenters. The molecule has 1 aliphatic carbocycles. The van der Waals surface area contributed by atoms with E-state index in [1.54, 1.807) is 12.1 Å². The first-order chi connectivity index (χ1) is 12.3. The first-order valence-electron chi connectivity index (χ1n) is 8.72. The molecule has 0 radical (unpaired) electrons. The van der Waals surface area contributed by atoms with Crippen molar-refractivity contribution in [2.45, 2.75) is 44.0 Å². The van der Waals surface area contributed by atoms with Crippen LogP contribution in [0, 0.1) is 19.7 Å². The Morgan fingerprint density at radius 1 is 1.15 bits per heavy atom. The predicted octanol–water partition coefficient (Wildman–Crippen LogP) is 3.76. The average molecular weight is 372 g/mol. The third-order valence-corrected chi connectivity index (χ3v) is 6.77. The highest BCUT2D eigenvalue weighted by atomic mass is 32.2. The molecule has 0 fully saturated rings. The molecule has 0 bridgehead atoms. The van der Waals surface area contributed by atoms with Crippen molar-refractivity contribution in [1.82, 2.24) is 9.71 Å². The highest BCUT2D eigenvalue weighted by Crippen LogP contribution is 2.30. The van der Waals surface area contributed by atoms with E-state index in [4.69, 9.17) is 0 Å². The minimum absolute atomic E-state index is 0.169. The van der Waals surface area contributed by atoms with E-state index in [-0.39, 0.29) is 11.9 Å². The molecule has 0 saturated heterocycles. The third kappa shape index (κ3) is 3.04. The van der Waals surface area contributed by atoms with E-state index in [1.165, 1.54) is 12.1 Å². The average Bonchev–Trinajstić information content (AvgIpc) is 2.90. The molecule has 1 aromatic heterocycles. The van der Waals surface area contributed by atoms with Crippen LogP contribution in [-0.4, -0.2) is 19.4 Å². The Balaban J connectivity index is 1.62. The van der Waals surface area contributed by atoms with Crippen molar-refractivity contribution in [3.63, 3.8) is 0 Å². The lowest BCUT2D eigenvalue weighted by atomic mass is 9.92. The van der Waals surface area contributed by atoms with E-state index in [1.807, 2.05) is 26.0 Å². The third-order valence-electron chi connectivity index (χ3n) is 5.09. The number of aromatic amines is 1. The van der Waals surface area contributed by atoms with Gasteiger partial charge in [-0.2, -0.15) is 0 Å². The van der Waals surface area contributed by atoms with Gasteiger partial charge in [-0.1, -0.05) is 17.7 Å². The zero-order chi connectivity index (χ0) is 18.5. The fourth-order valence-corrected chi connectivity index (χ4v) is 5.38. The Morgan fingerprint density at radius 3 is 2.73 bits per heavy atom. The van der Waals surface area contributed by atoms with Gasteiger partial charge in [-0.15, -0.1) is 0 Å². The lowest BCUT2D eigenvalue weighted by molar-refractivity contribution is 0.506. The number of fused-ring (bicyclic) bond motifs is 3. The van der Waals surface area contributed by atoms with Gasteiger partial charge in [0.15, 0.2) is 0 Å². The number of hydrogen-bond donors (Lipinski definition) is 2. The zero-order valence-corrected chi connectivity index (χ0v) is 15.6. The van der Waals surface area contributed by atoms with E-state index in [0.29, 0.717) is 17.7 Å². The topological polar surface area (TPSA) is 62.0 Å². The molecule has 0 aliphatic heterocycles. The standard InChI is InChI=1S/C20H21FN2O2S/c1-12-3-8-20(13(2)9-12)26(24,25)23-15-5-7-18-17(11-15)16-6-4-14(21)10-19(16)22-18/h3-4,6,8-10,15,22-23H,5,7,11H2,1-2H3. The van der Waals surface area contributed by atoms with Crippen molar-refractivity contribution < 1.29 is 12.8 Å². The van der Waals surface area contributed by atoms with Crippen molar-refractivity contribution in [2.24, 2.45) is 0 Å². The largest absolute Gasteiger partial charge is 0.358 e. The van der Waals surface area contributed by atoms with Crippen LogP contribution in [0.4, 0.5) is 4.39 Å². The van der Waals surface area contributed by atoms with Crippen molar-refractivity contribution in [2.75, 3.05) is 0 Å². The number of aryl methyl sites for hydroxylation is 3. The van der Waals surface area contributed by atoms with Crippen LogP contribution in [0.5, 0.6) is 0 Å². The second-order valence-corrected chi connectivity index (χ2v) is 8.78. The molecule has 1 aliphatic rings. The molecular weight excluding hydrogens is 351 g/mol. The smallest absolute Gasteiger partial charge is 0.241 e. The van der Waals surface area contributed by atoms with Gasteiger partial charge < -0.3 is 4.98 Å². The van der Waals surface area contributed by atoms with E-state index in [2.05, 4.69) is 9.71 Å². The summed E-state index contributed by atoms with van der Waals surface area (Å²) in [5, 5.41) is 0.969. The van der Waals surface area contributed by atoms with Gasteiger partial charge in [0, 0.05) is 22.6 Å². The maximum Gasteiger partial charge on any atom is 0.241 e. The van der Waals surface area contributed by atoms with Crippen LogP contribution in [0.15, 0.2) is 41.3 Å². The summed E-state index contributed by atoms with van der Waals surface area (Å²) in [5.41, 5.74) is 4.71. The summed E-state index contributed by atoms with van der Waals surface area (Å²) < 4.78 is 42.0. The molecule has 0 spiro atoms. The summed E-state index contributed by atoms with van der Waals surface area (Å²) in [4.78, 5) is 3.60. The number of halogens is 1. The van der Waals surface area contributed by atoms with Crippen molar-refractivity contribution in [1.29, 1.82) is 0 Å². The van der Waals surface area contributed by atoms with E-state index >= 15 is 0 Å². The molecule has 1 atom stereocenters. The van der Waals surface area contributed by atoms with Crippen LogP contribution >= 0.6 is 0 Å². The zero-order valence-electron chi connectivity index (χ0n) is 14.8. The molecule has 1 heterocycles. The number of hydrogen-bond acceptors (Lipinski definition) is 2. The van der Waals surface area contributed by atoms with Gasteiger partial charge in [0.2, 0.25) is 10.0 Å². The van der Waals surface area contributed by atoms with Crippen molar-refractivity contribution in [3.8, 4) is 0 Å². The maximum atomic E-state index is 13.4. The lowest BCUT2D eigenvalue weighted by Crippen LogP contribution is -2.38. The highest BCUT2D eigenvalue weighted by Gasteiger charge is 2.27. The molecule has 2 N–H and O–H groups in total. The Bertz CT molecular complexity index is 1100. The van der Waals surface area contributed by atoms with Crippen LogP contribution < -0.4 is 4.72 Å². The minimum atomic E-state index is -3.57. The number of benzene rings is 2. The van der Waals surface area contributed by atoms with E-state index in [0.717, 1.165) is 39.7 Å². The van der Waals surface area contributed by atoms with Crippen LogP contribution in [0.25, 0.3) is 10.9 Å². The summed E-state index contributed by atoms with van der Waals surface area (Å²) in [5.74, 6) is -0.275. The number of rotatable bonds is 3. The molecule has 0 saturated carbocycles. The number of aromatic nitrogens is 1. The molecule has 2 aromatic carbocycles. The van der Waals surface area contributed by atoms with Crippen molar-refractivity contribution >= 4 is 20.9 Å². The molecular formula is C20H21FN2O2S. The SMILES string of the molecule is Cc1ccc(S(=O)(=O)NC2CCc3[nH]c4cc(F)ccc4c3C2)c(C)c1. The summed E-state index contributed by atoms with van der Waals surface area (Å²) in [7, 11) is -3.57. The fourth-order valence-electron chi connectivity index (χ4n) is 3.88.